The lowest BCUT2D eigenvalue weighted by molar-refractivity contribution is -0.117. The number of carbonyl (C=O) groups excluding carboxylic acids is 2. The first-order valence-electron chi connectivity index (χ1n) is 8.09. The summed E-state index contributed by atoms with van der Waals surface area (Å²) < 4.78 is 0. The lowest BCUT2D eigenvalue weighted by Gasteiger charge is -2.13. The molecule has 3 heterocycles. The van der Waals surface area contributed by atoms with Crippen molar-refractivity contribution in [1.82, 2.24) is 10.2 Å². The van der Waals surface area contributed by atoms with E-state index in [1.807, 2.05) is 17.0 Å². The molecule has 1 aromatic rings. The summed E-state index contributed by atoms with van der Waals surface area (Å²) in [5.41, 5.74) is 0.411. The van der Waals surface area contributed by atoms with Gasteiger partial charge in [0.2, 0.25) is 5.91 Å². The van der Waals surface area contributed by atoms with Crippen molar-refractivity contribution >= 4 is 28.2 Å². The van der Waals surface area contributed by atoms with Crippen molar-refractivity contribution in [1.29, 1.82) is 0 Å². The van der Waals surface area contributed by atoms with Crippen LogP contribution in [0.25, 0.3) is 0 Å². The van der Waals surface area contributed by atoms with Crippen LogP contribution in [0, 0.1) is 5.41 Å². The van der Waals surface area contributed by atoms with Crippen molar-refractivity contribution in [3.63, 3.8) is 0 Å². The summed E-state index contributed by atoms with van der Waals surface area (Å²) in [5, 5.41) is 7.05. The highest BCUT2D eigenvalue weighted by atomic mass is 32.1. The predicted molar refractivity (Wildman–Crippen MR) is 86.2 cm³/mol. The summed E-state index contributed by atoms with van der Waals surface area (Å²) in [6.45, 7) is 2.67. The first kappa shape index (κ1) is 14.2. The molecule has 3 aliphatic rings. The summed E-state index contributed by atoms with van der Waals surface area (Å²) in [6, 6.07) is 3.58. The third kappa shape index (κ3) is 2.65. The van der Waals surface area contributed by atoms with E-state index in [0.717, 1.165) is 48.8 Å². The van der Waals surface area contributed by atoms with Crippen LogP contribution in [0.3, 0.4) is 0 Å². The maximum absolute atomic E-state index is 12.3. The fourth-order valence-corrected chi connectivity index (χ4v) is 4.34. The predicted octanol–water partition coefficient (Wildman–Crippen LogP) is 2.06. The van der Waals surface area contributed by atoms with Crippen LogP contribution in [0.1, 0.15) is 41.8 Å². The standard InChI is InChI=1S/C16H21N3O2S/c20-14(11-9-16(5-6-16)10-17-11)18-13-4-3-12(22-13)15(21)19-7-1-2-8-19/h3-4,11,17H,1-2,5-10H2,(H,18,20)/t11-/m0/s1. The molecule has 6 heteroatoms. The number of hydrogen-bond donors (Lipinski definition) is 2. The molecule has 0 radical (unpaired) electrons. The van der Waals surface area contributed by atoms with Crippen molar-refractivity contribution < 1.29 is 9.59 Å². The number of anilines is 1. The van der Waals surface area contributed by atoms with Crippen LogP contribution >= 0.6 is 11.3 Å². The summed E-state index contributed by atoms with van der Waals surface area (Å²) in [4.78, 5) is 27.2. The quantitative estimate of drug-likeness (QED) is 0.896. The number of carbonyl (C=O) groups is 2. The Morgan fingerprint density at radius 2 is 2.05 bits per heavy atom. The molecule has 0 bridgehead atoms. The van der Waals surface area contributed by atoms with Crippen LogP contribution in [0.5, 0.6) is 0 Å². The zero-order valence-electron chi connectivity index (χ0n) is 12.6. The van der Waals surface area contributed by atoms with Gasteiger partial charge < -0.3 is 15.5 Å². The Kier molecular flexibility index (Phi) is 3.46. The number of thiophene rings is 1. The number of nitrogens with zero attached hydrogens (tertiary/aromatic N) is 1. The van der Waals surface area contributed by atoms with Crippen molar-refractivity contribution in [2.45, 2.75) is 38.1 Å². The van der Waals surface area contributed by atoms with E-state index in [1.54, 1.807) is 0 Å². The fraction of sp³-hybridized carbons (Fsp3) is 0.625. The highest BCUT2D eigenvalue weighted by Crippen LogP contribution is 2.51. The zero-order chi connectivity index (χ0) is 15.2. The van der Waals surface area contributed by atoms with Gasteiger partial charge in [-0.15, -0.1) is 11.3 Å². The topological polar surface area (TPSA) is 61.4 Å². The Hall–Kier alpha value is -1.40. The van der Waals surface area contributed by atoms with E-state index in [1.165, 1.54) is 24.2 Å². The van der Waals surface area contributed by atoms with Crippen LogP contribution in [0.15, 0.2) is 12.1 Å². The van der Waals surface area contributed by atoms with Crippen LogP contribution in [-0.4, -0.2) is 42.4 Å². The largest absolute Gasteiger partial charge is 0.338 e. The second-order valence-corrected chi connectivity index (χ2v) is 7.87. The molecule has 3 fully saturated rings. The molecule has 1 atom stereocenters. The van der Waals surface area contributed by atoms with Crippen LogP contribution in [-0.2, 0) is 4.79 Å². The van der Waals surface area contributed by atoms with Crippen molar-refractivity contribution in [2.24, 2.45) is 5.41 Å². The van der Waals surface area contributed by atoms with E-state index in [4.69, 9.17) is 0 Å². The first-order valence-corrected chi connectivity index (χ1v) is 8.90. The van der Waals surface area contributed by atoms with Gasteiger partial charge in [-0.3, -0.25) is 9.59 Å². The summed E-state index contributed by atoms with van der Waals surface area (Å²) >= 11 is 1.38. The Balaban J connectivity index is 1.37. The molecular formula is C16H21N3O2S. The van der Waals surface area contributed by atoms with Gasteiger partial charge >= 0.3 is 0 Å². The maximum atomic E-state index is 12.3. The van der Waals surface area contributed by atoms with Crippen molar-refractivity contribution in [2.75, 3.05) is 25.0 Å². The normalized spacial score (nSPS) is 25.6. The highest BCUT2D eigenvalue weighted by Gasteiger charge is 2.49. The smallest absolute Gasteiger partial charge is 0.263 e. The number of rotatable bonds is 3. The Morgan fingerprint density at radius 3 is 2.73 bits per heavy atom. The van der Waals surface area contributed by atoms with Gasteiger partial charge in [0.25, 0.3) is 5.91 Å². The summed E-state index contributed by atoms with van der Waals surface area (Å²) in [7, 11) is 0. The average Bonchev–Trinajstić information content (AvgIpc) is 2.98. The minimum atomic E-state index is -0.0812. The Bertz CT molecular complexity index is 602. The molecule has 0 aromatic carbocycles. The molecule has 2 saturated heterocycles. The monoisotopic (exact) mass is 319 g/mol. The van der Waals surface area contributed by atoms with E-state index >= 15 is 0 Å². The lowest BCUT2D eigenvalue weighted by atomic mass is 10.0. The van der Waals surface area contributed by atoms with Gasteiger partial charge in [-0.1, -0.05) is 0 Å². The van der Waals surface area contributed by atoms with Crippen LogP contribution in [0.2, 0.25) is 0 Å². The second-order valence-electron chi connectivity index (χ2n) is 6.79. The second kappa shape index (κ2) is 5.35. The van der Waals surface area contributed by atoms with Gasteiger partial charge in [-0.05, 0) is 49.7 Å². The Morgan fingerprint density at radius 1 is 1.27 bits per heavy atom. The SMILES string of the molecule is O=C(Nc1ccc(C(=O)N2CCCC2)s1)[C@@H]1CC2(CC2)CN1. The van der Waals surface area contributed by atoms with Gasteiger partial charge in [-0.25, -0.2) is 0 Å². The molecule has 22 heavy (non-hydrogen) atoms. The van der Waals surface area contributed by atoms with E-state index in [9.17, 15) is 9.59 Å². The van der Waals surface area contributed by atoms with Gasteiger partial charge in [0.1, 0.15) is 0 Å². The molecule has 1 spiro atoms. The Labute approximate surface area is 134 Å². The summed E-state index contributed by atoms with van der Waals surface area (Å²) in [6.07, 6.45) is 5.63. The highest BCUT2D eigenvalue weighted by molar-refractivity contribution is 7.18. The molecule has 1 saturated carbocycles. The van der Waals surface area contributed by atoms with Crippen molar-refractivity contribution in [3.05, 3.63) is 17.0 Å². The third-order valence-corrected chi connectivity index (χ3v) is 6.08. The number of hydrogen-bond acceptors (Lipinski definition) is 4. The molecule has 5 nitrogen and oxygen atoms in total. The first-order chi connectivity index (χ1) is 10.7. The number of amides is 2. The zero-order valence-corrected chi connectivity index (χ0v) is 13.4. The summed E-state index contributed by atoms with van der Waals surface area (Å²) in [5.74, 6) is 0.129. The molecule has 2 aliphatic heterocycles. The third-order valence-electron chi connectivity index (χ3n) is 5.09. The van der Waals surface area contributed by atoms with Gasteiger partial charge in [-0.2, -0.15) is 0 Å². The lowest BCUT2D eigenvalue weighted by Crippen LogP contribution is -2.35. The average molecular weight is 319 g/mol. The number of nitrogens with one attached hydrogen (secondary N) is 2. The molecular weight excluding hydrogens is 298 g/mol. The fourth-order valence-electron chi connectivity index (χ4n) is 3.46. The molecule has 4 rings (SSSR count). The van der Waals surface area contributed by atoms with Crippen LogP contribution < -0.4 is 10.6 Å². The van der Waals surface area contributed by atoms with Crippen molar-refractivity contribution in [3.8, 4) is 0 Å². The molecule has 0 unspecified atom stereocenters. The minimum Gasteiger partial charge on any atom is -0.338 e. The maximum Gasteiger partial charge on any atom is 0.263 e. The van der Waals surface area contributed by atoms with E-state index in [0.29, 0.717) is 5.41 Å². The number of likely N-dealkylation sites (tertiary alicyclic amines) is 1. The molecule has 2 N–H and O–H groups in total. The van der Waals surface area contributed by atoms with Gasteiger partial charge in [0.05, 0.1) is 15.9 Å². The van der Waals surface area contributed by atoms with Gasteiger partial charge in [0, 0.05) is 19.6 Å². The van der Waals surface area contributed by atoms with Crippen LogP contribution in [0.4, 0.5) is 5.00 Å². The molecule has 1 aromatic heterocycles. The minimum absolute atomic E-state index is 0.0331. The van der Waals surface area contributed by atoms with Gasteiger partial charge in [0.15, 0.2) is 0 Å². The molecule has 2 amide bonds. The van der Waals surface area contributed by atoms with E-state index in [-0.39, 0.29) is 17.9 Å². The van der Waals surface area contributed by atoms with E-state index in [2.05, 4.69) is 10.6 Å². The van der Waals surface area contributed by atoms with E-state index < -0.39 is 0 Å². The molecule has 118 valence electrons. The molecule has 1 aliphatic carbocycles.